The van der Waals surface area contributed by atoms with Crippen molar-refractivity contribution in [1.29, 1.82) is 0 Å². The number of fused-ring (bicyclic) bond motifs is 6. The summed E-state index contributed by atoms with van der Waals surface area (Å²) in [6.07, 6.45) is -4.48. The van der Waals surface area contributed by atoms with Gasteiger partial charge in [0, 0.05) is 42.2 Å². The van der Waals surface area contributed by atoms with Crippen molar-refractivity contribution in [2.75, 3.05) is 16.5 Å². The second kappa shape index (κ2) is 9.41. The Morgan fingerprint density at radius 3 is 2.20 bits per heavy atom. The third-order valence-corrected chi connectivity index (χ3v) is 7.27. The Bertz CT molecular complexity index is 1670. The maximum absolute atomic E-state index is 13.2. The number of nitro groups is 1. The first-order chi connectivity index (χ1) is 19.1. The van der Waals surface area contributed by atoms with E-state index in [0.29, 0.717) is 30.9 Å². The van der Waals surface area contributed by atoms with E-state index in [1.165, 1.54) is 6.07 Å². The van der Waals surface area contributed by atoms with Crippen molar-refractivity contribution >= 4 is 23.0 Å². The number of hydrogen-bond acceptors (Lipinski definition) is 6. The quantitative estimate of drug-likeness (QED) is 0.118. The van der Waals surface area contributed by atoms with Gasteiger partial charge in [0.05, 0.1) is 22.7 Å². The fraction of sp³-hybridized carbons (Fsp3) is 0.167. The number of nitrogens with zero attached hydrogens (tertiary/aromatic N) is 3. The summed E-state index contributed by atoms with van der Waals surface area (Å²) >= 11 is 0. The van der Waals surface area contributed by atoms with Crippen molar-refractivity contribution < 1.29 is 27.6 Å². The first kappa shape index (κ1) is 25.4. The highest BCUT2D eigenvalue weighted by molar-refractivity contribution is 5.99. The van der Waals surface area contributed by atoms with Crippen LogP contribution in [0.4, 0.5) is 30.2 Å². The van der Waals surface area contributed by atoms with Gasteiger partial charge in [0.2, 0.25) is 0 Å². The number of halogens is 3. The topological polar surface area (TPSA) is 75.9 Å². The van der Waals surface area contributed by atoms with E-state index in [1.54, 1.807) is 24.3 Å². The molecule has 0 aliphatic carbocycles. The Labute approximate surface area is 227 Å². The number of alkyl halides is 3. The maximum atomic E-state index is 13.2. The van der Waals surface area contributed by atoms with Crippen LogP contribution in [0.25, 0.3) is 11.1 Å². The van der Waals surface area contributed by atoms with Crippen molar-refractivity contribution in [2.45, 2.75) is 26.2 Å². The lowest BCUT2D eigenvalue weighted by Gasteiger charge is -2.44. The molecule has 0 saturated heterocycles. The van der Waals surface area contributed by atoms with Gasteiger partial charge >= 0.3 is 12.1 Å². The van der Waals surface area contributed by atoms with Gasteiger partial charge in [-0.25, -0.2) is 4.79 Å². The van der Waals surface area contributed by atoms with Crippen LogP contribution in [-0.4, -0.2) is 17.6 Å². The summed E-state index contributed by atoms with van der Waals surface area (Å²) < 4.78 is 44.2. The van der Waals surface area contributed by atoms with Gasteiger partial charge < -0.3 is 14.5 Å². The highest BCUT2D eigenvalue weighted by atomic mass is 19.4. The van der Waals surface area contributed by atoms with Crippen LogP contribution in [-0.2, 0) is 19.3 Å². The summed E-state index contributed by atoms with van der Waals surface area (Å²) in [6.45, 7) is 3.66. The molecule has 0 saturated carbocycles. The smallest absolute Gasteiger partial charge is 0.416 e. The molecule has 0 atom stereocenters. The Morgan fingerprint density at radius 1 is 0.900 bits per heavy atom. The van der Waals surface area contributed by atoms with Crippen LogP contribution in [0, 0.1) is 17.0 Å². The molecule has 2 aliphatic rings. The largest absolute Gasteiger partial charge is 0.423 e. The molecule has 2 bridgehead atoms. The van der Waals surface area contributed by atoms with Crippen molar-refractivity contribution in [3.8, 4) is 16.9 Å². The monoisotopic (exact) mass is 545 g/mol. The van der Waals surface area contributed by atoms with E-state index in [2.05, 4.69) is 9.80 Å². The molecule has 0 spiro atoms. The average Bonchev–Trinajstić information content (AvgIpc) is 2.92. The Kier molecular flexibility index (Phi) is 5.98. The minimum atomic E-state index is -4.48. The average molecular weight is 546 g/mol. The van der Waals surface area contributed by atoms with Gasteiger partial charge in [0.25, 0.3) is 5.69 Å². The zero-order valence-electron chi connectivity index (χ0n) is 21.2. The lowest BCUT2D eigenvalue weighted by molar-refractivity contribution is -0.384. The van der Waals surface area contributed by atoms with Crippen LogP contribution < -0.4 is 14.5 Å². The van der Waals surface area contributed by atoms with Gasteiger partial charge in [-0.2, -0.15) is 13.2 Å². The lowest BCUT2D eigenvalue weighted by Crippen LogP contribution is -2.46. The Balaban J connectivity index is 1.31. The molecule has 2 aliphatic heterocycles. The number of rotatable bonds is 4. The Hall–Kier alpha value is -4.86. The van der Waals surface area contributed by atoms with E-state index < -0.39 is 22.6 Å². The van der Waals surface area contributed by atoms with Gasteiger partial charge in [-0.3, -0.25) is 10.1 Å². The van der Waals surface area contributed by atoms with E-state index in [0.717, 1.165) is 57.9 Å². The van der Waals surface area contributed by atoms with E-state index in [9.17, 15) is 28.1 Å². The van der Waals surface area contributed by atoms with E-state index in [1.807, 2.05) is 31.2 Å². The van der Waals surface area contributed by atoms with Crippen molar-refractivity contribution in [2.24, 2.45) is 0 Å². The number of hydrogen-bond donors (Lipinski definition) is 0. The van der Waals surface area contributed by atoms with Crippen LogP contribution in [0.15, 0.2) is 78.9 Å². The van der Waals surface area contributed by atoms with Gasteiger partial charge in [-0.15, -0.1) is 0 Å². The molecule has 202 valence electrons. The predicted octanol–water partition coefficient (Wildman–Crippen LogP) is 7.11. The highest BCUT2D eigenvalue weighted by Crippen LogP contribution is 2.41. The number of aryl methyl sites for hydroxylation is 1. The number of esters is 1. The molecular weight excluding hydrogens is 523 g/mol. The Morgan fingerprint density at radius 2 is 1.55 bits per heavy atom. The molecule has 0 amide bonds. The van der Waals surface area contributed by atoms with Crippen LogP contribution in [0.1, 0.15) is 32.6 Å². The van der Waals surface area contributed by atoms with Crippen molar-refractivity contribution in [3.63, 3.8) is 0 Å². The number of non-ortho nitro benzene ring substituents is 1. The maximum Gasteiger partial charge on any atom is 0.416 e. The minimum absolute atomic E-state index is 0.0169. The van der Waals surface area contributed by atoms with E-state index >= 15 is 0 Å². The summed E-state index contributed by atoms with van der Waals surface area (Å²) in [6, 6.07) is 20.1. The van der Waals surface area contributed by atoms with Crippen LogP contribution in [0.5, 0.6) is 5.75 Å². The van der Waals surface area contributed by atoms with Crippen LogP contribution >= 0.6 is 0 Å². The summed E-state index contributed by atoms with van der Waals surface area (Å²) in [5.41, 5.74) is 5.77. The summed E-state index contributed by atoms with van der Waals surface area (Å²) in [4.78, 5) is 28.4. The number of ether oxygens (including phenoxy) is 1. The SMILES string of the molecule is Cc1cccc(C(=O)Oc2ccc(C(F)(F)F)cc2)c1-c1ccc2c(c1)CN1CN2Cc2cc([N+](=O)[O-])ccc21. The molecule has 7 nitrogen and oxygen atoms in total. The normalized spacial score (nSPS) is 13.9. The number of benzene rings is 4. The van der Waals surface area contributed by atoms with Gasteiger partial charge in [-0.1, -0.05) is 18.2 Å². The van der Waals surface area contributed by atoms with Gasteiger partial charge in [0.15, 0.2) is 0 Å². The van der Waals surface area contributed by atoms with Gasteiger partial charge in [-0.05, 0) is 77.7 Å². The fourth-order valence-electron chi connectivity index (χ4n) is 5.43. The molecule has 4 aromatic carbocycles. The van der Waals surface area contributed by atoms with Crippen LogP contribution in [0.3, 0.4) is 0 Å². The molecule has 4 aromatic rings. The molecular formula is C30H22F3N3O4. The standard InChI is InChI=1S/C30H22F3N3O4/c1-18-3-2-4-25(29(37)40-24-9-6-22(7-10-24)30(31,32)33)28(18)19-5-11-26-20(13-19)15-34-17-35(26)16-21-14-23(36(38)39)8-12-27(21)34/h2-14H,15-17H2,1H3. The summed E-state index contributed by atoms with van der Waals surface area (Å²) in [5.74, 6) is -0.653. The molecule has 0 fully saturated rings. The number of carbonyl (C=O) groups excluding carboxylic acids is 1. The third-order valence-electron chi connectivity index (χ3n) is 7.27. The first-order valence-electron chi connectivity index (χ1n) is 12.5. The highest BCUT2D eigenvalue weighted by Gasteiger charge is 2.32. The fourth-order valence-corrected chi connectivity index (χ4v) is 5.43. The summed E-state index contributed by atoms with van der Waals surface area (Å²) in [5, 5.41) is 11.3. The molecule has 0 radical (unpaired) electrons. The summed E-state index contributed by atoms with van der Waals surface area (Å²) in [7, 11) is 0. The van der Waals surface area contributed by atoms with Crippen molar-refractivity contribution in [3.05, 3.63) is 117 Å². The molecule has 40 heavy (non-hydrogen) atoms. The molecule has 0 aromatic heterocycles. The second-order valence-electron chi connectivity index (χ2n) is 9.86. The number of carbonyl (C=O) groups is 1. The molecule has 2 heterocycles. The molecule has 0 N–H and O–H groups in total. The second-order valence-corrected chi connectivity index (χ2v) is 9.86. The molecule has 6 rings (SSSR count). The minimum Gasteiger partial charge on any atom is -0.423 e. The predicted molar refractivity (Wildman–Crippen MR) is 143 cm³/mol. The molecule has 0 unspecified atom stereocenters. The zero-order chi connectivity index (χ0) is 28.2. The number of nitro benzene ring substituents is 1. The number of anilines is 2. The molecule has 10 heteroatoms. The van der Waals surface area contributed by atoms with E-state index in [4.69, 9.17) is 4.74 Å². The first-order valence-corrected chi connectivity index (χ1v) is 12.5. The van der Waals surface area contributed by atoms with Crippen LogP contribution in [0.2, 0.25) is 0 Å². The van der Waals surface area contributed by atoms with Gasteiger partial charge in [0.1, 0.15) is 5.75 Å². The third kappa shape index (κ3) is 4.51. The zero-order valence-corrected chi connectivity index (χ0v) is 21.2. The lowest BCUT2D eigenvalue weighted by atomic mass is 9.92. The van der Waals surface area contributed by atoms with Crippen molar-refractivity contribution in [1.82, 2.24) is 0 Å². The van der Waals surface area contributed by atoms with E-state index in [-0.39, 0.29) is 11.4 Å².